The number of nitrogens with zero attached hydrogens (tertiary/aromatic N) is 1. The smallest absolute Gasteiger partial charge is 0.283 e. The minimum atomic E-state index is -0.609. The molecule has 0 atom stereocenters. The summed E-state index contributed by atoms with van der Waals surface area (Å²) in [6, 6.07) is 13.6. The SMILES string of the molecule is COc1ccc(N2NC(=O)C(=C3C(=O)Nc4ccccc43)C2=O)cc1. The number of hydrogen-bond donors (Lipinski definition) is 2. The topological polar surface area (TPSA) is 87.7 Å². The van der Waals surface area contributed by atoms with Crippen LogP contribution in [0.2, 0.25) is 0 Å². The first-order valence-corrected chi connectivity index (χ1v) is 7.54. The summed E-state index contributed by atoms with van der Waals surface area (Å²) in [4.78, 5) is 37.5. The lowest BCUT2D eigenvalue weighted by molar-refractivity contribution is -0.118. The molecule has 1 fully saturated rings. The van der Waals surface area contributed by atoms with E-state index in [-0.39, 0.29) is 11.1 Å². The van der Waals surface area contributed by atoms with Crippen LogP contribution in [-0.4, -0.2) is 24.8 Å². The number of methoxy groups -OCH3 is 1. The predicted octanol–water partition coefficient (Wildman–Crippen LogP) is 1.48. The number of para-hydroxylation sites is 1. The van der Waals surface area contributed by atoms with Crippen LogP contribution < -0.4 is 20.5 Å². The summed E-state index contributed by atoms with van der Waals surface area (Å²) in [5.41, 5.74) is 4.02. The van der Waals surface area contributed by atoms with E-state index in [4.69, 9.17) is 4.74 Å². The fraction of sp³-hybridized carbons (Fsp3) is 0.0556. The van der Waals surface area contributed by atoms with Gasteiger partial charge >= 0.3 is 0 Å². The molecule has 0 saturated carbocycles. The van der Waals surface area contributed by atoms with Gasteiger partial charge in [0.1, 0.15) is 11.3 Å². The maximum absolute atomic E-state index is 12.8. The summed E-state index contributed by atoms with van der Waals surface area (Å²) < 4.78 is 5.08. The molecule has 2 heterocycles. The van der Waals surface area contributed by atoms with Crippen LogP contribution >= 0.6 is 0 Å². The molecule has 7 nitrogen and oxygen atoms in total. The average molecular weight is 335 g/mol. The fourth-order valence-corrected chi connectivity index (χ4v) is 2.92. The molecule has 124 valence electrons. The third kappa shape index (κ3) is 2.25. The molecule has 0 unspecified atom stereocenters. The van der Waals surface area contributed by atoms with Crippen molar-refractivity contribution in [2.45, 2.75) is 0 Å². The van der Waals surface area contributed by atoms with Crippen LogP contribution in [0.3, 0.4) is 0 Å². The summed E-state index contributed by atoms with van der Waals surface area (Å²) in [6.45, 7) is 0. The third-order valence-corrected chi connectivity index (χ3v) is 4.11. The molecule has 2 aliphatic rings. The van der Waals surface area contributed by atoms with Gasteiger partial charge in [-0.05, 0) is 30.3 Å². The van der Waals surface area contributed by atoms with E-state index in [0.717, 1.165) is 5.01 Å². The molecule has 2 aliphatic heterocycles. The fourth-order valence-electron chi connectivity index (χ4n) is 2.92. The van der Waals surface area contributed by atoms with E-state index in [1.54, 1.807) is 48.5 Å². The highest BCUT2D eigenvalue weighted by Gasteiger charge is 2.41. The van der Waals surface area contributed by atoms with Gasteiger partial charge in [0.2, 0.25) is 0 Å². The lowest BCUT2D eigenvalue weighted by atomic mass is 10.0. The third-order valence-electron chi connectivity index (χ3n) is 4.11. The number of nitrogens with one attached hydrogen (secondary N) is 2. The monoisotopic (exact) mass is 335 g/mol. The Kier molecular flexibility index (Phi) is 3.28. The first kappa shape index (κ1) is 14.9. The number of hydrogen-bond acceptors (Lipinski definition) is 4. The second kappa shape index (κ2) is 5.48. The van der Waals surface area contributed by atoms with Crippen molar-refractivity contribution in [2.24, 2.45) is 0 Å². The van der Waals surface area contributed by atoms with Crippen molar-refractivity contribution < 1.29 is 19.1 Å². The van der Waals surface area contributed by atoms with E-state index < -0.39 is 17.7 Å². The van der Waals surface area contributed by atoms with Crippen LogP contribution in [0.5, 0.6) is 5.75 Å². The highest BCUT2D eigenvalue weighted by Crippen LogP contribution is 2.36. The van der Waals surface area contributed by atoms with Crippen LogP contribution in [-0.2, 0) is 14.4 Å². The quantitative estimate of drug-likeness (QED) is 0.643. The molecule has 3 amide bonds. The second-order valence-electron chi connectivity index (χ2n) is 5.53. The number of amides is 3. The van der Waals surface area contributed by atoms with Gasteiger partial charge in [0.15, 0.2) is 0 Å². The maximum Gasteiger partial charge on any atom is 0.283 e. The summed E-state index contributed by atoms with van der Waals surface area (Å²) in [5, 5.41) is 3.79. The van der Waals surface area contributed by atoms with Gasteiger partial charge in [0, 0.05) is 11.3 Å². The second-order valence-corrected chi connectivity index (χ2v) is 5.53. The minimum Gasteiger partial charge on any atom is -0.497 e. The van der Waals surface area contributed by atoms with Crippen LogP contribution in [0.15, 0.2) is 54.1 Å². The Hall–Kier alpha value is -3.61. The highest BCUT2D eigenvalue weighted by molar-refractivity contribution is 6.44. The Labute approximate surface area is 142 Å². The first-order valence-electron chi connectivity index (χ1n) is 7.54. The van der Waals surface area contributed by atoms with Crippen molar-refractivity contribution in [1.82, 2.24) is 5.43 Å². The lowest BCUT2D eigenvalue weighted by Crippen LogP contribution is -2.35. The van der Waals surface area contributed by atoms with Gasteiger partial charge in [-0.25, -0.2) is 5.01 Å². The Morgan fingerprint density at radius 1 is 0.880 bits per heavy atom. The van der Waals surface area contributed by atoms with Crippen LogP contribution in [0, 0.1) is 0 Å². The van der Waals surface area contributed by atoms with Crippen molar-refractivity contribution in [3.8, 4) is 5.75 Å². The van der Waals surface area contributed by atoms with Crippen molar-refractivity contribution in [1.29, 1.82) is 0 Å². The number of carbonyl (C=O) groups is 3. The van der Waals surface area contributed by atoms with E-state index in [9.17, 15) is 14.4 Å². The molecule has 0 aliphatic carbocycles. The number of anilines is 2. The van der Waals surface area contributed by atoms with E-state index >= 15 is 0 Å². The molecule has 0 radical (unpaired) electrons. The molecular weight excluding hydrogens is 322 g/mol. The number of benzene rings is 2. The summed E-state index contributed by atoms with van der Waals surface area (Å²) in [6.07, 6.45) is 0. The molecule has 1 saturated heterocycles. The Morgan fingerprint density at radius 2 is 1.60 bits per heavy atom. The zero-order valence-electron chi connectivity index (χ0n) is 13.2. The van der Waals surface area contributed by atoms with Crippen LogP contribution in [0.25, 0.3) is 5.57 Å². The Bertz CT molecular complexity index is 947. The Morgan fingerprint density at radius 3 is 2.32 bits per heavy atom. The molecule has 25 heavy (non-hydrogen) atoms. The van der Waals surface area contributed by atoms with Crippen LogP contribution in [0.1, 0.15) is 5.56 Å². The molecule has 2 aromatic rings. The molecular formula is C18H13N3O4. The number of rotatable bonds is 2. The van der Waals surface area contributed by atoms with Gasteiger partial charge in [-0.3, -0.25) is 19.8 Å². The summed E-state index contributed by atoms with van der Waals surface area (Å²) in [5.74, 6) is -1.01. The van der Waals surface area contributed by atoms with Gasteiger partial charge in [0.05, 0.1) is 18.4 Å². The van der Waals surface area contributed by atoms with Gasteiger partial charge in [-0.1, -0.05) is 18.2 Å². The van der Waals surface area contributed by atoms with Crippen molar-refractivity contribution >= 4 is 34.7 Å². The number of hydrazine groups is 1. The molecule has 0 bridgehead atoms. The van der Waals surface area contributed by atoms with Gasteiger partial charge in [-0.15, -0.1) is 0 Å². The summed E-state index contributed by atoms with van der Waals surface area (Å²) >= 11 is 0. The minimum absolute atomic E-state index is 0.0918. The number of carbonyl (C=O) groups excluding carboxylic acids is 3. The number of fused-ring (bicyclic) bond motifs is 1. The lowest BCUT2D eigenvalue weighted by Gasteiger charge is -2.14. The Balaban J connectivity index is 1.78. The standard InChI is InChI=1S/C18H13N3O4/c1-25-11-8-6-10(7-9-11)21-18(24)15(17(23)20-21)14-12-4-2-3-5-13(12)19-16(14)22/h2-9H,1H3,(H,19,22)(H,20,23). The maximum atomic E-state index is 12.8. The molecule has 7 heteroatoms. The zero-order chi connectivity index (χ0) is 17.6. The van der Waals surface area contributed by atoms with E-state index in [0.29, 0.717) is 22.7 Å². The predicted molar refractivity (Wildman–Crippen MR) is 90.6 cm³/mol. The van der Waals surface area contributed by atoms with E-state index in [2.05, 4.69) is 10.7 Å². The molecule has 2 N–H and O–H groups in total. The van der Waals surface area contributed by atoms with Crippen molar-refractivity contribution in [3.05, 3.63) is 59.7 Å². The average Bonchev–Trinajstić information content (AvgIpc) is 3.10. The molecule has 4 rings (SSSR count). The zero-order valence-corrected chi connectivity index (χ0v) is 13.2. The number of ether oxygens (including phenoxy) is 1. The molecule has 2 aromatic carbocycles. The van der Waals surface area contributed by atoms with Crippen LogP contribution in [0.4, 0.5) is 11.4 Å². The van der Waals surface area contributed by atoms with E-state index in [1.165, 1.54) is 7.11 Å². The van der Waals surface area contributed by atoms with Gasteiger partial charge in [-0.2, -0.15) is 0 Å². The van der Waals surface area contributed by atoms with E-state index in [1.807, 2.05) is 0 Å². The first-order chi connectivity index (χ1) is 12.1. The largest absolute Gasteiger partial charge is 0.497 e. The normalized spacial score (nSPS) is 18.9. The van der Waals surface area contributed by atoms with Crippen molar-refractivity contribution in [2.75, 3.05) is 17.4 Å². The van der Waals surface area contributed by atoms with Gasteiger partial charge < -0.3 is 10.1 Å². The highest BCUT2D eigenvalue weighted by atomic mass is 16.5. The van der Waals surface area contributed by atoms with Gasteiger partial charge in [0.25, 0.3) is 17.7 Å². The summed E-state index contributed by atoms with van der Waals surface area (Å²) in [7, 11) is 1.54. The molecule has 0 spiro atoms. The van der Waals surface area contributed by atoms with Crippen molar-refractivity contribution in [3.63, 3.8) is 0 Å². The molecule has 0 aromatic heterocycles.